The number of hydrogen-bond acceptors (Lipinski definition) is 2. The van der Waals surface area contributed by atoms with Gasteiger partial charge in [-0.3, -0.25) is 9.78 Å². The molecule has 2 aromatic rings. The number of aromatic nitrogens is 1. The van der Waals surface area contributed by atoms with Crippen LogP contribution in [0.3, 0.4) is 0 Å². The number of amides is 1. The number of halogens is 4. The minimum absolute atomic E-state index is 0.000504. The van der Waals surface area contributed by atoms with Gasteiger partial charge in [0.05, 0.1) is 16.3 Å². The summed E-state index contributed by atoms with van der Waals surface area (Å²) in [6, 6.07) is 7.82. The summed E-state index contributed by atoms with van der Waals surface area (Å²) >= 11 is 5.73. The van der Waals surface area contributed by atoms with Gasteiger partial charge in [-0.25, -0.2) is 0 Å². The maximum atomic E-state index is 12.9. The Morgan fingerprint density at radius 2 is 1.90 bits per heavy atom. The van der Waals surface area contributed by atoms with Crippen molar-refractivity contribution >= 4 is 23.2 Å². The van der Waals surface area contributed by atoms with Crippen LogP contribution in [0.2, 0.25) is 5.02 Å². The number of hydrogen-bond donors (Lipinski definition) is 1. The zero-order valence-electron chi connectivity index (χ0n) is 9.91. The van der Waals surface area contributed by atoms with E-state index < -0.39 is 23.3 Å². The molecule has 0 atom stereocenters. The maximum Gasteiger partial charge on any atom is 0.418 e. The van der Waals surface area contributed by atoms with Gasteiger partial charge >= 0.3 is 6.18 Å². The molecule has 0 aliphatic rings. The molecule has 2 rings (SSSR count). The summed E-state index contributed by atoms with van der Waals surface area (Å²) in [4.78, 5) is 15.6. The van der Waals surface area contributed by atoms with E-state index in [1.54, 1.807) is 12.1 Å². The number of para-hydroxylation sites is 1. The first kappa shape index (κ1) is 14.3. The van der Waals surface area contributed by atoms with Gasteiger partial charge in [-0.2, -0.15) is 13.2 Å². The summed E-state index contributed by atoms with van der Waals surface area (Å²) in [6.07, 6.45) is -3.25. The molecule has 0 unspecified atom stereocenters. The molecule has 1 heterocycles. The highest BCUT2D eigenvalue weighted by Crippen LogP contribution is 2.38. The third-order valence-electron chi connectivity index (χ3n) is 2.46. The van der Waals surface area contributed by atoms with Gasteiger partial charge in [-0.15, -0.1) is 0 Å². The van der Waals surface area contributed by atoms with Crippen LogP contribution in [-0.4, -0.2) is 10.9 Å². The third kappa shape index (κ3) is 3.08. The van der Waals surface area contributed by atoms with Crippen molar-refractivity contribution in [3.63, 3.8) is 0 Å². The second kappa shape index (κ2) is 5.50. The van der Waals surface area contributed by atoms with E-state index in [4.69, 9.17) is 11.6 Å². The number of carbonyl (C=O) groups is 1. The van der Waals surface area contributed by atoms with E-state index >= 15 is 0 Å². The molecule has 0 spiro atoms. The second-order valence-corrected chi connectivity index (χ2v) is 4.24. The average Bonchev–Trinajstić information content (AvgIpc) is 2.40. The number of nitrogens with zero attached hydrogens (tertiary/aromatic N) is 1. The Balaban J connectivity index is 2.37. The average molecular weight is 301 g/mol. The number of benzene rings is 1. The van der Waals surface area contributed by atoms with Crippen LogP contribution in [0, 0.1) is 0 Å². The smallest absolute Gasteiger partial charge is 0.319 e. The third-order valence-corrected chi connectivity index (χ3v) is 2.77. The van der Waals surface area contributed by atoms with Gasteiger partial charge in [-0.05, 0) is 24.3 Å². The van der Waals surface area contributed by atoms with Gasteiger partial charge < -0.3 is 5.32 Å². The minimum atomic E-state index is -4.61. The number of carbonyl (C=O) groups excluding carboxylic acids is 1. The quantitative estimate of drug-likeness (QED) is 0.910. The summed E-state index contributed by atoms with van der Waals surface area (Å²) in [5.41, 5.74) is -1.48. The Hall–Kier alpha value is -2.08. The monoisotopic (exact) mass is 300 g/mol. The molecule has 1 N–H and O–H groups in total. The van der Waals surface area contributed by atoms with Crippen LogP contribution >= 0.6 is 11.6 Å². The van der Waals surface area contributed by atoms with E-state index in [9.17, 15) is 18.0 Å². The summed E-state index contributed by atoms with van der Waals surface area (Å²) < 4.78 is 38.6. The summed E-state index contributed by atoms with van der Waals surface area (Å²) in [5, 5.41) is 1.96. The van der Waals surface area contributed by atoms with Crippen molar-refractivity contribution in [3.05, 3.63) is 58.9 Å². The Morgan fingerprint density at radius 1 is 1.15 bits per heavy atom. The zero-order valence-corrected chi connectivity index (χ0v) is 10.7. The van der Waals surface area contributed by atoms with Crippen molar-refractivity contribution in [2.75, 3.05) is 5.32 Å². The molecular formula is C13H8ClF3N2O. The van der Waals surface area contributed by atoms with E-state index in [2.05, 4.69) is 10.3 Å². The summed E-state index contributed by atoms with van der Waals surface area (Å²) in [6.45, 7) is 0. The lowest BCUT2D eigenvalue weighted by Gasteiger charge is -2.14. The molecule has 104 valence electrons. The molecule has 0 radical (unpaired) electrons. The standard InChI is InChI=1S/C13H8ClF3N2O/c14-9-5-3-4-8(13(15,16)17)11(9)19-12(20)10-6-1-2-7-18-10/h1-7H,(H,19,20). The lowest BCUT2D eigenvalue weighted by Crippen LogP contribution is -2.18. The van der Waals surface area contributed by atoms with Gasteiger partial charge in [0.15, 0.2) is 0 Å². The van der Waals surface area contributed by atoms with Gasteiger partial charge in [0.2, 0.25) is 0 Å². The first-order chi connectivity index (χ1) is 9.39. The highest BCUT2D eigenvalue weighted by atomic mass is 35.5. The highest BCUT2D eigenvalue weighted by Gasteiger charge is 2.34. The van der Waals surface area contributed by atoms with E-state index in [-0.39, 0.29) is 10.7 Å². The van der Waals surface area contributed by atoms with Crippen molar-refractivity contribution in [3.8, 4) is 0 Å². The van der Waals surface area contributed by atoms with Crippen LogP contribution in [0.25, 0.3) is 0 Å². The molecule has 7 heteroatoms. The Labute approximate surface area is 117 Å². The van der Waals surface area contributed by atoms with Crippen molar-refractivity contribution in [2.24, 2.45) is 0 Å². The molecule has 3 nitrogen and oxygen atoms in total. The molecule has 20 heavy (non-hydrogen) atoms. The fourth-order valence-corrected chi connectivity index (χ4v) is 1.78. The molecule has 0 saturated carbocycles. The maximum absolute atomic E-state index is 12.9. The molecular weight excluding hydrogens is 293 g/mol. The van der Waals surface area contributed by atoms with Crippen LogP contribution in [0.5, 0.6) is 0 Å². The predicted molar refractivity (Wildman–Crippen MR) is 68.6 cm³/mol. The molecule has 0 saturated heterocycles. The van der Waals surface area contributed by atoms with Crippen LogP contribution < -0.4 is 5.32 Å². The largest absolute Gasteiger partial charge is 0.418 e. The van der Waals surface area contributed by atoms with Gasteiger partial charge in [-0.1, -0.05) is 23.7 Å². The number of anilines is 1. The fourth-order valence-electron chi connectivity index (χ4n) is 1.56. The van der Waals surface area contributed by atoms with Crippen LogP contribution in [0.1, 0.15) is 16.1 Å². The highest BCUT2D eigenvalue weighted by molar-refractivity contribution is 6.34. The first-order valence-electron chi connectivity index (χ1n) is 5.47. The van der Waals surface area contributed by atoms with Crippen molar-refractivity contribution in [1.82, 2.24) is 4.98 Å². The number of pyridine rings is 1. The Morgan fingerprint density at radius 3 is 2.50 bits per heavy atom. The van der Waals surface area contributed by atoms with Crippen molar-refractivity contribution in [1.29, 1.82) is 0 Å². The van der Waals surface area contributed by atoms with Crippen LogP contribution in [0.4, 0.5) is 18.9 Å². The minimum Gasteiger partial charge on any atom is -0.319 e. The van der Waals surface area contributed by atoms with E-state index in [1.165, 1.54) is 24.4 Å². The topological polar surface area (TPSA) is 42.0 Å². The number of rotatable bonds is 2. The summed E-state index contributed by atoms with van der Waals surface area (Å²) in [7, 11) is 0. The summed E-state index contributed by atoms with van der Waals surface area (Å²) in [5.74, 6) is -0.760. The van der Waals surface area contributed by atoms with Crippen molar-refractivity contribution in [2.45, 2.75) is 6.18 Å². The molecule has 1 amide bonds. The fraction of sp³-hybridized carbons (Fsp3) is 0.0769. The zero-order chi connectivity index (χ0) is 14.8. The number of nitrogens with one attached hydrogen (secondary N) is 1. The normalized spacial score (nSPS) is 11.2. The molecule has 0 aliphatic heterocycles. The van der Waals surface area contributed by atoms with Gasteiger partial charge in [0, 0.05) is 6.20 Å². The van der Waals surface area contributed by atoms with E-state index in [0.717, 1.165) is 6.07 Å². The molecule has 1 aromatic heterocycles. The van der Waals surface area contributed by atoms with E-state index in [0.29, 0.717) is 0 Å². The first-order valence-corrected chi connectivity index (χ1v) is 5.85. The van der Waals surface area contributed by atoms with Crippen molar-refractivity contribution < 1.29 is 18.0 Å². The number of alkyl halides is 3. The van der Waals surface area contributed by atoms with Gasteiger partial charge in [0.1, 0.15) is 5.69 Å². The molecule has 1 aromatic carbocycles. The predicted octanol–water partition coefficient (Wildman–Crippen LogP) is 4.01. The van der Waals surface area contributed by atoms with Crippen LogP contribution in [0.15, 0.2) is 42.6 Å². The molecule has 0 aliphatic carbocycles. The lowest BCUT2D eigenvalue weighted by molar-refractivity contribution is -0.136. The van der Waals surface area contributed by atoms with Gasteiger partial charge in [0.25, 0.3) is 5.91 Å². The van der Waals surface area contributed by atoms with Crippen LogP contribution in [-0.2, 0) is 6.18 Å². The lowest BCUT2D eigenvalue weighted by atomic mass is 10.1. The second-order valence-electron chi connectivity index (χ2n) is 3.83. The molecule has 0 bridgehead atoms. The SMILES string of the molecule is O=C(Nc1c(Cl)cccc1C(F)(F)F)c1ccccn1. The van der Waals surface area contributed by atoms with E-state index in [1.807, 2.05) is 0 Å². The Bertz CT molecular complexity index is 629. The molecule has 0 fully saturated rings. The Kier molecular flexibility index (Phi) is 3.94.